The average Bonchev–Trinajstić information content (AvgIpc) is 2.41. The number of rotatable bonds is 7. The Balaban J connectivity index is 2.00. The first kappa shape index (κ1) is 17.5. The monoisotopic (exact) mass is 339 g/mol. The third-order valence-electron chi connectivity index (χ3n) is 4.40. The molecule has 1 amide bonds. The van der Waals surface area contributed by atoms with Crippen LogP contribution in [0.4, 0.5) is 0 Å². The number of hydrogen-bond donors (Lipinski definition) is 2. The summed E-state index contributed by atoms with van der Waals surface area (Å²) in [6.45, 7) is 1.85. The van der Waals surface area contributed by atoms with Gasteiger partial charge in [0.2, 0.25) is 5.91 Å². The highest BCUT2D eigenvalue weighted by atomic mass is 32.2. The smallest absolute Gasteiger partial charge is 0.303 e. The highest BCUT2D eigenvalue weighted by molar-refractivity contribution is 7.90. The van der Waals surface area contributed by atoms with Gasteiger partial charge in [-0.1, -0.05) is 24.1 Å². The second-order valence-electron chi connectivity index (χ2n) is 6.27. The lowest BCUT2D eigenvalue weighted by Gasteiger charge is -2.41. The zero-order valence-electron chi connectivity index (χ0n) is 13.0. The van der Waals surface area contributed by atoms with E-state index in [1.807, 2.05) is 6.92 Å². The highest BCUT2D eigenvalue weighted by Crippen LogP contribution is 2.47. The topological polar surface area (TPSA) is 101 Å². The number of amides is 1. The van der Waals surface area contributed by atoms with E-state index in [4.69, 9.17) is 5.11 Å². The Kier molecular flexibility index (Phi) is 5.09. The summed E-state index contributed by atoms with van der Waals surface area (Å²) in [7, 11) is -3.88. The highest BCUT2D eigenvalue weighted by Gasteiger charge is 2.39. The van der Waals surface area contributed by atoms with Gasteiger partial charge in [-0.25, -0.2) is 13.1 Å². The van der Waals surface area contributed by atoms with Gasteiger partial charge in [0.05, 0.1) is 4.90 Å². The molecular formula is C16H21NO5S. The molecule has 0 heterocycles. The fourth-order valence-corrected chi connectivity index (χ4v) is 3.85. The van der Waals surface area contributed by atoms with E-state index in [-0.39, 0.29) is 23.2 Å². The molecule has 126 valence electrons. The lowest BCUT2D eigenvalue weighted by molar-refractivity contribution is -0.139. The van der Waals surface area contributed by atoms with Gasteiger partial charge in [-0.15, -0.1) is 0 Å². The van der Waals surface area contributed by atoms with Crippen LogP contribution in [0, 0.1) is 12.3 Å². The number of carbonyl (C=O) groups is 2. The molecule has 1 fully saturated rings. The molecule has 0 aromatic heterocycles. The molecule has 0 saturated heterocycles. The van der Waals surface area contributed by atoms with Crippen LogP contribution >= 0.6 is 0 Å². The molecule has 2 N–H and O–H groups in total. The van der Waals surface area contributed by atoms with E-state index >= 15 is 0 Å². The molecule has 7 heteroatoms. The van der Waals surface area contributed by atoms with E-state index in [1.54, 1.807) is 12.1 Å². The van der Waals surface area contributed by atoms with Gasteiger partial charge in [0.15, 0.2) is 0 Å². The van der Waals surface area contributed by atoms with Crippen LogP contribution < -0.4 is 4.72 Å². The summed E-state index contributed by atoms with van der Waals surface area (Å²) in [6.07, 6.45) is 2.91. The number of sulfonamides is 1. The van der Waals surface area contributed by atoms with Gasteiger partial charge in [0.1, 0.15) is 0 Å². The zero-order valence-corrected chi connectivity index (χ0v) is 13.9. The van der Waals surface area contributed by atoms with Gasteiger partial charge in [-0.2, -0.15) is 0 Å². The van der Waals surface area contributed by atoms with Crippen LogP contribution in [-0.4, -0.2) is 25.4 Å². The van der Waals surface area contributed by atoms with Gasteiger partial charge in [-0.05, 0) is 43.7 Å². The molecule has 0 aliphatic heterocycles. The summed E-state index contributed by atoms with van der Waals surface area (Å²) >= 11 is 0. The minimum Gasteiger partial charge on any atom is -0.481 e. The number of carboxylic acid groups (broad SMARTS) is 1. The molecule has 1 aliphatic rings. The van der Waals surface area contributed by atoms with Crippen LogP contribution in [0.15, 0.2) is 29.2 Å². The van der Waals surface area contributed by atoms with Crippen LogP contribution in [0.5, 0.6) is 0 Å². The van der Waals surface area contributed by atoms with Crippen molar-refractivity contribution in [3.8, 4) is 0 Å². The molecule has 23 heavy (non-hydrogen) atoms. The van der Waals surface area contributed by atoms with Gasteiger partial charge < -0.3 is 5.11 Å². The largest absolute Gasteiger partial charge is 0.481 e. The number of benzene rings is 1. The van der Waals surface area contributed by atoms with Crippen molar-refractivity contribution in [1.29, 1.82) is 0 Å². The Hall–Kier alpha value is -1.89. The first-order valence-corrected chi connectivity index (χ1v) is 9.05. The average molecular weight is 339 g/mol. The summed E-state index contributed by atoms with van der Waals surface area (Å²) in [6, 6.07) is 6.24. The summed E-state index contributed by atoms with van der Waals surface area (Å²) in [4.78, 5) is 22.9. The second kappa shape index (κ2) is 6.70. The summed E-state index contributed by atoms with van der Waals surface area (Å²) in [5, 5.41) is 8.79. The molecule has 1 aromatic carbocycles. The number of nitrogens with one attached hydrogen (secondary N) is 1. The van der Waals surface area contributed by atoms with E-state index in [1.165, 1.54) is 12.1 Å². The third-order valence-corrected chi connectivity index (χ3v) is 5.79. The maximum Gasteiger partial charge on any atom is 0.303 e. The van der Waals surface area contributed by atoms with Gasteiger partial charge in [-0.3, -0.25) is 9.59 Å². The quantitative estimate of drug-likeness (QED) is 0.793. The van der Waals surface area contributed by atoms with Crippen molar-refractivity contribution in [2.45, 2.75) is 50.3 Å². The second-order valence-corrected chi connectivity index (χ2v) is 7.95. The molecule has 6 nitrogen and oxygen atoms in total. The molecule has 0 radical (unpaired) electrons. The van der Waals surface area contributed by atoms with Crippen molar-refractivity contribution in [2.24, 2.45) is 5.41 Å². The molecule has 2 rings (SSSR count). The third kappa shape index (κ3) is 4.54. The van der Waals surface area contributed by atoms with Gasteiger partial charge >= 0.3 is 5.97 Å². The van der Waals surface area contributed by atoms with Crippen molar-refractivity contribution < 1.29 is 23.1 Å². The fourth-order valence-electron chi connectivity index (χ4n) is 2.87. The summed E-state index contributed by atoms with van der Waals surface area (Å²) < 4.78 is 26.5. The number of carbonyl (C=O) groups excluding carboxylic acids is 1. The van der Waals surface area contributed by atoms with Crippen molar-refractivity contribution in [1.82, 2.24) is 4.72 Å². The number of aliphatic carboxylic acids is 1. The lowest BCUT2D eigenvalue weighted by Crippen LogP contribution is -2.39. The number of carboxylic acids is 1. The first-order chi connectivity index (χ1) is 10.7. The molecule has 0 unspecified atom stereocenters. The molecule has 0 atom stereocenters. The van der Waals surface area contributed by atoms with Crippen LogP contribution in [-0.2, 0) is 19.6 Å². The van der Waals surface area contributed by atoms with E-state index in [0.29, 0.717) is 6.42 Å². The predicted molar refractivity (Wildman–Crippen MR) is 84.3 cm³/mol. The van der Waals surface area contributed by atoms with Crippen LogP contribution in [0.3, 0.4) is 0 Å². The van der Waals surface area contributed by atoms with E-state index in [0.717, 1.165) is 24.8 Å². The Morgan fingerprint density at radius 1 is 1.22 bits per heavy atom. The molecular weight excluding hydrogens is 318 g/mol. The van der Waals surface area contributed by atoms with Crippen LogP contribution in [0.2, 0.25) is 0 Å². The molecule has 0 spiro atoms. The lowest BCUT2D eigenvalue weighted by atomic mass is 9.64. The molecule has 1 aliphatic carbocycles. The van der Waals surface area contributed by atoms with Crippen molar-refractivity contribution in [3.63, 3.8) is 0 Å². The van der Waals surface area contributed by atoms with E-state index < -0.39 is 21.9 Å². The Morgan fingerprint density at radius 2 is 1.83 bits per heavy atom. The zero-order chi connectivity index (χ0) is 17.1. The van der Waals surface area contributed by atoms with E-state index in [9.17, 15) is 18.0 Å². The molecule has 1 saturated carbocycles. The Bertz CT molecular complexity index is 690. The van der Waals surface area contributed by atoms with Crippen molar-refractivity contribution in [2.75, 3.05) is 0 Å². The minimum atomic E-state index is -3.88. The maximum atomic E-state index is 12.2. The van der Waals surface area contributed by atoms with Gasteiger partial charge in [0.25, 0.3) is 10.0 Å². The normalized spacial score (nSPS) is 16.4. The van der Waals surface area contributed by atoms with Gasteiger partial charge in [0, 0.05) is 12.8 Å². The first-order valence-electron chi connectivity index (χ1n) is 7.57. The van der Waals surface area contributed by atoms with Crippen LogP contribution in [0.25, 0.3) is 0 Å². The van der Waals surface area contributed by atoms with Crippen molar-refractivity contribution in [3.05, 3.63) is 29.8 Å². The van der Waals surface area contributed by atoms with E-state index in [2.05, 4.69) is 4.72 Å². The SMILES string of the molecule is Cc1ccc(S(=O)(=O)NC(=O)CC2(CCC(=O)O)CCC2)cc1. The number of hydrogen-bond acceptors (Lipinski definition) is 4. The fraction of sp³-hybridized carbons (Fsp3) is 0.500. The Morgan fingerprint density at radius 3 is 2.30 bits per heavy atom. The maximum absolute atomic E-state index is 12.2. The summed E-state index contributed by atoms with van der Waals surface area (Å²) in [5.74, 6) is -1.47. The Labute approximate surface area is 136 Å². The van der Waals surface area contributed by atoms with Crippen LogP contribution in [0.1, 0.15) is 44.1 Å². The standard InChI is InChI=1S/C16H21NO5S/c1-12-3-5-13(6-4-12)23(21,22)17-14(18)11-16(8-2-9-16)10-7-15(19)20/h3-6H,2,7-11H2,1H3,(H,17,18)(H,19,20). The summed E-state index contributed by atoms with van der Waals surface area (Å²) in [5.41, 5.74) is 0.558. The number of aryl methyl sites for hydroxylation is 1. The predicted octanol–water partition coefficient (Wildman–Crippen LogP) is 2.23. The minimum absolute atomic E-state index is 0.00199. The molecule has 0 bridgehead atoms. The molecule has 1 aromatic rings. The van der Waals surface area contributed by atoms with Crippen molar-refractivity contribution >= 4 is 21.9 Å².